The van der Waals surface area contributed by atoms with Gasteiger partial charge in [-0.3, -0.25) is 14.5 Å². The summed E-state index contributed by atoms with van der Waals surface area (Å²) in [4.78, 5) is 26.6. The second-order valence-electron chi connectivity index (χ2n) is 7.83. The largest absolute Gasteiger partial charge is 0.484 e. The fraction of sp³-hybridized carbons (Fsp3) is 0.280. The zero-order chi connectivity index (χ0) is 21.5. The van der Waals surface area contributed by atoms with Gasteiger partial charge in [-0.05, 0) is 47.9 Å². The molecule has 6 nitrogen and oxygen atoms in total. The predicted molar refractivity (Wildman–Crippen MR) is 122 cm³/mol. The van der Waals surface area contributed by atoms with Crippen molar-refractivity contribution in [2.45, 2.75) is 18.9 Å². The average molecular weight is 418 g/mol. The molecule has 4 rings (SSSR count). The van der Waals surface area contributed by atoms with Gasteiger partial charge in [-0.25, -0.2) is 0 Å². The number of hydrogen-bond donors (Lipinski definition) is 2. The summed E-state index contributed by atoms with van der Waals surface area (Å²) in [6.45, 7) is 1.91. The van der Waals surface area contributed by atoms with E-state index >= 15 is 0 Å². The molecule has 160 valence electrons. The van der Waals surface area contributed by atoms with Crippen LogP contribution in [0.1, 0.15) is 12.8 Å². The molecule has 0 bridgehead atoms. The van der Waals surface area contributed by atoms with Crippen molar-refractivity contribution < 1.29 is 14.3 Å². The Morgan fingerprint density at radius 1 is 0.871 bits per heavy atom. The van der Waals surface area contributed by atoms with Crippen molar-refractivity contribution in [3.63, 3.8) is 0 Å². The SMILES string of the molecule is O=C(CN1CCC(NC(=O)COc2ccc3ccccc3c2)CC1)Nc1ccccc1. The zero-order valence-corrected chi connectivity index (χ0v) is 17.4. The van der Waals surface area contributed by atoms with Gasteiger partial charge in [0.1, 0.15) is 5.75 Å². The van der Waals surface area contributed by atoms with Crippen molar-refractivity contribution in [1.82, 2.24) is 10.2 Å². The molecule has 0 atom stereocenters. The molecule has 3 aromatic carbocycles. The molecular weight excluding hydrogens is 390 g/mol. The topological polar surface area (TPSA) is 70.7 Å². The lowest BCUT2D eigenvalue weighted by Crippen LogP contribution is -2.47. The number of para-hydroxylation sites is 1. The van der Waals surface area contributed by atoms with E-state index in [0.29, 0.717) is 12.3 Å². The number of ether oxygens (including phenoxy) is 1. The third-order valence-corrected chi connectivity index (χ3v) is 5.47. The molecule has 1 fully saturated rings. The minimum atomic E-state index is -0.117. The number of likely N-dealkylation sites (tertiary alicyclic amines) is 1. The van der Waals surface area contributed by atoms with Gasteiger partial charge in [0.05, 0.1) is 6.54 Å². The standard InChI is InChI=1S/C25H27N3O3/c29-24(26-21-8-2-1-3-9-21)17-28-14-12-22(13-15-28)27-25(30)18-31-23-11-10-19-6-4-5-7-20(19)16-23/h1-11,16,22H,12-15,17-18H2,(H,26,29)(H,27,30). The van der Waals surface area contributed by atoms with Crippen LogP contribution in [-0.4, -0.2) is 49.0 Å². The number of hydrogen-bond acceptors (Lipinski definition) is 4. The summed E-state index contributed by atoms with van der Waals surface area (Å²) in [6.07, 6.45) is 1.64. The molecule has 3 aromatic rings. The Morgan fingerprint density at radius 3 is 2.35 bits per heavy atom. The fourth-order valence-corrected chi connectivity index (χ4v) is 3.84. The summed E-state index contributed by atoms with van der Waals surface area (Å²) in [6, 6.07) is 23.4. The van der Waals surface area contributed by atoms with Crippen LogP contribution in [0.3, 0.4) is 0 Å². The molecule has 1 aliphatic heterocycles. The van der Waals surface area contributed by atoms with Gasteiger partial charge in [-0.15, -0.1) is 0 Å². The number of piperidine rings is 1. The molecule has 2 amide bonds. The van der Waals surface area contributed by atoms with Gasteiger partial charge in [0.25, 0.3) is 5.91 Å². The zero-order valence-electron chi connectivity index (χ0n) is 17.4. The molecule has 1 aliphatic rings. The highest BCUT2D eigenvalue weighted by molar-refractivity contribution is 5.92. The number of nitrogens with one attached hydrogen (secondary N) is 2. The van der Waals surface area contributed by atoms with E-state index < -0.39 is 0 Å². The molecule has 6 heteroatoms. The van der Waals surface area contributed by atoms with Gasteiger partial charge in [0.15, 0.2) is 6.61 Å². The molecule has 0 radical (unpaired) electrons. The Hall–Kier alpha value is -3.38. The van der Waals surface area contributed by atoms with Crippen molar-refractivity contribution in [3.05, 3.63) is 72.8 Å². The van der Waals surface area contributed by atoms with Crippen molar-refractivity contribution in [1.29, 1.82) is 0 Å². The predicted octanol–water partition coefficient (Wildman–Crippen LogP) is 3.44. The molecule has 1 saturated heterocycles. The Bertz CT molecular complexity index is 1030. The van der Waals surface area contributed by atoms with Crippen LogP contribution in [0.2, 0.25) is 0 Å². The number of anilines is 1. The molecule has 0 saturated carbocycles. The van der Waals surface area contributed by atoms with Gasteiger partial charge in [-0.1, -0.05) is 48.5 Å². The first-order valence-electron chi connectivity index (χ1n) is 10.6. The van der Waals surface area contributed by atoms with E-state index in [1.807, 2.05) is 72.8 Å². The first-order chi connectivity index (χ1) is 15.2. The van der Waals surface area contributed by atoms with Crippen LogP contribution < -0.4 is 15.4 Å². The number of fused-ring (bicyclic) bond motifs is 1. The highest BCUT2D eigenvalue weighted by atomic mass is 16.5. The van der Waals surface area contributed by atoms with Gasteiger partial charge >= 0.3 is 0 Å². The molecular formula is C25H27N3O3. The first-order valence-corrected chi connectivity index (χ1v) is 10.6. The van der Waals surface area contributed by atoms with Crippen LogP contribution in [0.4, 0.5) is 5.69 Å². The lowest BCUT2D eigenvalue weighted by atomic mass is 10.1. The highest BCUT2D eigenvalue weighted by Crippen LogP contribution is 2.20. The number of benzene rings is 3. The first kappa shape index (κ1) is 20.9. The monoisotopic (exact) mass is 417 g/mol. The molecule has 0 spiro atoms. The second-order valence-corrected chi connectivity index (χ2v) is 7.83. The van der Waals surface area contributed by atoms with Crippen molar-refractivity contribution >= 4 is 28.3 Å². The maximum Gasteiger partial charge on any atom is 0.258 e. The number of carbonyl (C=O) groups is 2. The second kappa shape index (κ2) is 10.1. The average Bonchev–Trinajstić information content (AvgIpc) is 2.79. The van der Waals surface area contributed by atoms with E-state index in [-0.39, 0.29) is 24.5 Å². The summed E-state index contributed by atoms with van der Waals surface area (Å²) in [7, 11) is 0. The van der Waals surface area contributed by atoms with Crippen LogP contribution in [0.25, 0.3) is 10.8 Å². The maximum absolute atomic E-state index is 12.3. The van der Waals surface area contributed by atoms with E-state index in [1.54, 1.807) is 0 Å². The minimum absolute atomic E-state index is 0.00195. The maximum atomic E-state index is 12.3. The fourth-order valence-electron chi connectivity index (χ4n) is 3.84. The van der Waals surface area contributed by atoms with Crippen LogP contribution in [0.5, 0.6) is 5.75 Å². The van der Waals surface area contributed by atoms with Crippen LogP contribution in [0, 0.1) is 0 Å². The van der Waals surface area contributed by atoms with Crippen molar-refractivity contribution in [3.8, 4) is 5.75 Å². The summed E-state index contributed by atoms with van der Waals surface area (Å²) in [5, 5.41) is 8.19. The number of rotatable bonds is 7. The number of nitrogens with zero attached hydrogens (tertiary/aromatic N) is 1. The van der Waals surface area contributed by atoms with E-state index in [1.165, 1.54) is 0 Å². The van der Waals surface area contributed by atoms with Gasteiger partial charge in [0, 0.05) is 24.8 Å². The molecule has 1 heterocycles. The Balaban J connectivity index is 1.17. The molecule has 0 aromatic heterocycles. The molecule has 31 heavy (non-hydrogen) atoms. The van der Waals surface area contributed by atoms with E-state index in [2.05, 4.69) is 15.5 Å². The lowest BCUT2D eigenvalue weighted by molar-refractivity contribution is -0.124. The number of amides is 2. The van der Waals surface area contributed by atoms with Crippen LogP contribution in [0.15, 0.2) is 72.8 Å². The third kappa shape index (κ3) is 6.06. The lowest BCUT2D eigenvalue weighted by Gasteiger charge is -2.31. The van der Waals surface area contributed by atoms with Crippen molar-refractivity contribution in [2.24, 2.45) is 0 Å². The number of carbonyl (C=O) groups excluding carboxylic acids is 2. The van der Waals surface area contributed by atoms with Crippen LogP contribution >= 0.6 is 0 Å². The van der Waals surface area contributed by atoms with Gasteiger partial charge < -0.3 is 15.4 Å². The third-order valence-electron chi connectivity index (χ3n) is 5.47. The van der Waals surface area contributed by atoms with E-state index in [9.17, 15) is 9.59 Å². The summed E-state index contributed by atoms with van der Waals surface area (Å²) in [5.74, 6) is 0.555. The molecule has 0 unspecified atom stereocenters. The van der Waals surface area contributed by atoms with Crippen LogP contribution in [-0.2, 0) is 9.59 Å². The normalized spacial score (nSPS) is 14.8. The van der Waals surface area contributed by atoms with Gasteiger partial charge in [-0.2, -0.15) is 0 Å². The molecule has 0 aliphatic carbocycles. The summed E-state index contributed by atoms with van der Waals surface area (Å²) >= 11 is 0. The Kier molecular flexibility index (Phi) is 6.79. The van der Waals surface area contributed by atoms with E-state index in [0.717, 1.165) is 42.4 Å². The minimum Gasteiger partial charge on any atom is -0.484 e. The van der Waals surface area contributed by atoms with Crippen molar-refractivity contribution in [2.75, 3.05) is 31.6 Å². The van der Waals surface area contributed by atoms with Gasteiger partial charge in [0.2, 0.25) is 5.91 Å². The molecule has 2 N–H and O–H groups in total. The Morgan fingerprint density at radius 2 is 1.58 bits per heavy atom. The summed E-state index contributed by atoms with van der Waals surface area (Å²) < 4.78 is 5.67. The smallest absolute Gasteiger partial charge is 0.258 e. The highest BCUT2D eigenvalue weighted by Gasteiger charge is 2.22. The quantitative estimate of drug-likeness (QED) is 0.618. The summed E-state index contributed by atoms with van der Waals surface area (Å²) in [5.41, 5.74) is 0.807. The van der Waals surface area contributed by atoms with E-state index in [4.69, 9.17) is 4.74 Å². The Labute approximate surface area is 182 Å².